The molecule has 1 aliphatic carbocycles. The van der Waals surface area contributed by atoms with Gasteiger partial charge in [0, 0.05) is 55.0 Å². The summed E-state index contributed by atoms with van der Waals surface area (Å²) in [5.74, 6) is 3.48. The molecule has 4 aromatic rings. The Morgan fingerprint density at radius 3 is 2.73 bits per heavy atom. The zero-order valence-electron chi connectivity index (χ0n) is 20.5. The van der Waals surface area contributed by atoms with Crippen LogP contribution < -0.4 is 15.4 Å². The molecular weight excluding hydrogens is 472 g/mol. The third-order valence-corrected chi connectivity index (χ3v) is 6.38. The van der Waals surface area contributed by atoms with E-state index in [9.17, 15) is 0 Å². The van der Waals surface area contributed by atoms with Crippen molar-refractivity contribution in [3.8, 4) is 17.1 Å². The largest absolute Gasteiger partial charge is 0.476 e. The summed E-state index contributed by atoms with van der Waals surface area (Å²) in [5, 5.41) is 18.2. The van der Waals surface area contributed by atoms with Crippen LogP contribution >= 0.6 is 0 Å². The first-order valence-electron chi connectivity index (χ1n) is 12.7. The molecule has 0 amide bonds. The molecular formula is C26H30N8O3. The van der Waals surface area contributed by atoms with E-state index in [1.54, 1.807) is 6.07 Å². The second-order valence-electron chi connectivity index (χ2n) is 9.22. The number of nitrogens with one attached hydrogen (secondary N) is 3. The number of hydrogen-bond donors (Lipinski definition) is 3. The predicted molar refractivity (Wildman–Crippen MR) is 138 cm³/mol. The average molecular weight is 503 g/mol. The van der Waals surface area contributed by atoms with Gasteiger partial charge in [-0.3, -0.25) is 10.00 Å². The van der Waals surface area contributed by atoms with Gasteiger partial charge in [0.2, 0.25) is 11.8 Å². The van der Waals surface area contributed by atoms with Crippen LogP contribution in [0.5, 0.6) is 5.88 Å². The highest BCUT2D eigenvalue weighted by atomic mass is 16.5. The van der Waals surface area contributed by atoms with Gasteiger partial charge in [0.25, 0.3) is 0 Å². The molecule has 2 aliphatic rings. The predicted octanol–water partition coefficient (Wildman–Crippen LogP) is 3.80. The standard InChI is InChI=1S/C26H30N8O3/c1-2-4-18(5-3-1)22-14-20(37-33-22)17-27-26-29-23(28-24-15-21(31-32-24)19-6-7-19)16-25(30-26)36-13-10-34-8-11-35-12-9-34/h1-5,14-16,19H,6-13,17H2,(H3,27,28,29,30,31,32). The minimum atomic E-state index is 0.380. The van der Waals surface area contributed by atoms with Gasteiger partial charge in [0.05, 0.1) is 19.8 Å². The fourth-order valence-electron chi connectivity index (χ4n) is 4.19. The molecule has 2 fully saturated rings. The molecule has 1 aliphatic heterocycles. The normalized spacial score (nSPS) is 16.0. The number of ether oxygens (including phenoxy) is 2. The molecule has 1 saturated heterocycles. The summed E-state index contributed by atoms with van der Waals surface area (Å²) in [5.41, 5.74) is 2.93. The van der Waals surface area contributed by atoms with Gasteiger partial charge in [-0.25, -0.2) is 0 Å². The number of H-pyrrole nitrogens is 1. The molecule has 4 heterocycles. The van der Waals surface area contributed by atoms with Gasteiger partial charge < -0.3 is 24.6 Å². The number of aromatic amines is 1. The first-order valence-corrected chi connectivity index (χ1v) is 12.7. The van der Waals surface area contributed by atoms with E-state index in [-0.39, 0.29) is 0 Å². The van der Waals surface area contributed by atoms with Crippen LogP contribution in [0.15, 0.2) is 53.1 Å². The summed E-state index contributed by atoms with van der Waals surface area (Å²) < 4.78 is 17.0. The fraction of sp³-hybridized carbons (Fsp3) is 0.385. The lowest BCUT2D eigenvalue weighted by atomic mass is 10.1. The molecule has 0 spiro atoms. The maximum atomic E-state index is 6.02. The SMILES string of the molecule is c1ccc(-c2cc(CNc3nc(Nc4cc(C5CC5)[nH]n4)cc(OCCN4CCOCC4)n3)on2)cc1. The van der Waals surface area contributed by atoms with Crippen LogP contribution in [0.2, 0.25) is 0 Å². The summed E-state index contributed by atoms with van der Waals surface area (Å²) in [6, 6.07) is 15.6. The second kappa shape index (κ2) is 11.0. The molecule has 3 N–H and O–H groups in total. The van der Waals surface area contributed by atoms with Crippen molar-refractivity contribution < 1.29 is 14.0 Å². The van der Waals surface area contributed by atoms with E-state index in [0.29, 0.717) is 48.3 Å². The molecule has 6 rings (SSSR count). The fourth-order valence-corrected chi connectivity index (χ4v) is 4.19. The highest BCUT2D eigenvalue weighted by molar-refractivity contribution is 5.59. The van der Waals surface area contributed by atoms with Crippen molar-refractivity contribution >= 4 is 17.6 Å². The van der Waals surface area contributed by atoms with E-state index in [4.69, 9.17) is 14.0 Å². The summed E-state index contributed by atoms with van der Waals surface area (Å²) in [6.07, 6.45) is 2.41. The highest BCUT2D eigenvalue weighted by Gasteiger charge is 2.25. The lowest BCUT2D eigenvalue weighted by molar-refractivity contribution is 0.0320. The first kappa shape index (κ1) is 23.4. The third-order valence-electron chi connectivity index (χ3n) is 6.38. The van der Waals surface area contributed by atoms with Gasteiger partial charge in [-0.05, 0) is 12.8 Å². The Balaban J connectivity index is 1.14. The topological polar surface area (TPSA) is 126 Å². The van der Waals surface area contributed by atoms with Crippen LogP contribution in [0.4, 0.5) is 17.6 Å². The smallest absolute Gasteiger partial charge is 0.228 e. The van der Waals surface area contributed by atoms with Crippen molar-refractivity contribution in [3.63, 3.8) is 0 Å². The molecule has 11 nitrogen and oxygen atoms in total. The number of anilines is 3. The number of nitrogens with zero attached hydrogens (tertiary/aromatic N) is 5. The zero-order valence-corrected chi connectivity index (χ0v) is 20.5. The molecule has 37 heavy (non-hydrogen) atoms. The molecule has 3 aromatic heterocycles. The van der Waals surface area contributed by atoms with Gasteiger partial charge in [-0.15, -0.1) is 0 Å². The lowest BCUT2D eigenvalue weighted by Gasteiger charge is -2.26. The summed E-state index contributed by atoms with van der Waals surface area (Å²) in [6.45, 7) is 5.06. The van der Waals surface area contributed by atoms with Gasteiger partial charge in [-0.1, -0.05) is 35.5 Å². The van der Waals surface area contributed by atoms with Crippen LogP contribution in [-0.4, -0.2) is 69.7 Å². The Labute approximate surface area is 214 Å². The van der Waals surface area contributed by atoms with Crippen LogP contribution in [-0.2, 0) is 11.3 Å². The lowest BCUT2D eigenvalue weighted by Crippen LogP contribution is -2.38. The van der Waals surface area contributed by atoms with Crippen molar-refractivity contribution in [2.24, 2.45) is 0 Å². The molecule has 1 aromatic carbocycles. The van der Waals surface area contributed by atoms with Gasteiger partial charge in [0.15, 0.2) is 11.6 Å². The molecule has 192 valence electrons. The summed E-state index contributed by atoms with van der Waals surface area (Å²) in [4.78, 5) is 11.5. The number of rotatable bonds is 11. The molecule has 0 bridgehead atoms. The van der Waals surface area contributed by atoms with E-state index >= 15 is 0 Å². The van der Waals surface area contributed by atoms with Crippen LogP contribution in [0.3, 0.4) is 0 Å². The zero-order chi connectivity index (χ0) is 24.9. The average Bonchev–Trinajstić information content (AvgIpc) is 3.49. The summed E-state index contributed by atoms with van der Waals surface area (Å²) in [7, 11) is 0. The molecule has 0 radical (unpaired) electrons. The number of hydrogen-bond acceptors (Lipinski definition) is 10. The number of aromatic nitrogens is 5. The van der Waals surface area contributed by atoms with Gasteiger partial charge >= 0.3 is 0 Å². The van der Waals surface area contributed by atoms with Crippen molar-refractivity contribution in [1.82, 2.24) is 30.2 Å². The first-order chi connectivity index (χ1) is 18.3. The monoisotopic (exact) mass is 502 g/mol. The Hall–Kier alpha value is -3.96. The van der Waals surface area contributed by atoms with Crippen molar-refractivity contribution in [2.45, 2.75) is 25.3 Å². The number of morpholine rings is 1. The van der Waals surface area contributed by atoms with E-state index in [2.05, 4.69) is 40.9 Å². The second-order valence-corrected chi connectivity index (χ2v) is 9.22. The Bertz CT molecular complexity index is 1300. The minimum absolute atomic E-state index is 0.380. The van der Waals surface area contributed by atoms with Gasteiger partial charge in [0.1, 0.15) is 18.1 Å². The highest BCUT2D eigenvalue weighted by Crippen LogP contribution is 2.39. The van der Waals surface area contributed by atoms with Crippen LogP contribution in [0.25, 0.3) is 11.3 Å². The Morgan fingerprint density at radius 2 is 1.89 bits per heavy atom. The van der Waals surface area contributed by atoms with Crippen LogP contribution in [0.1, 0.15) is 30.2 Å². The van der Waals surface area contributed by atoms with E-state index in [0.717, 1.165) is 49.8 Å². The molecule has 0 unspecified atom stereocenters. The van der Waals surface area contributed by atoms with E-state index < -0.39 is 0 Å². The van der Waals surface area contributed by atoms with E-state index in [1.807, 2.05) is 42.5 Å². The molecule has 1 saturated carbocycles. The summed E-state index contributed by atoms with van der Waals surface area (Å²) >= 11 is 0. The Morgan fingerprint density at radius 1 is 1.03 bits per heavy atom. The van der Waals surface area contributed by atoms with Gasteiger partial charge in [-0.2, -0.15) is 15.1 Å². The quantitative estimate of drug-likeness (QED) is 0.279. The van der Waals surface area contributed by atoms with Crippen molar-refractivity contribution in [2.75, 3.05) is 50.1 Å². The molecule has 0 atom stereocenters. The third kappa shape index (κ3) is 6.25. The van der Waals surface area contributed by atoms with E-state index in [1.165, 1.54) is 12.8 Å². The minimum Gasteiger partial charge on any atom is -0.476 e. The maximum absolute atomic E-state index is 6.02. The van der Waals surface area contributed by atoms with Crippen molar-refractivity contribution in [1.29, 1.82) is 0 Å². The number of benzene rings is 1. The Kier molecular flexibility index (Phi) is 6.95. The molecule has 11 heteroatoms. The van der Waals surface area contributed by atoms with Crippen molar-refractivity contribution in [3.05, 3.63) is 60.0 Å². The maximum Gasteiger partial charge on any atom is 0.228 e. The van der Waals surface area contributed by atoms with Crippen LogP contribution in [0, 0.1) is 0 Å².